The van der Waals surface area contributed by atoms with Gasteiger partial charge in [-0.1, -0.05) is 12.1 Å². The van der Waals surface area contributed by atoms with Crippen molar-refractivity contribution in [2.75, 3.05) is 6.54 Å². The van der Waals surface area contributed by atoms with Crippen molar-refractivity contribution < 1.29 is 37.4 Å². The molecule has 0 unspecified atom stereocenters. The van der Waals surface area contributed by atoms with Crippen LogP contribution in [0.4, 0.5) is 8.78 Å². The van der Waals surface area contributed by atoms with Gasteiger partial charge >= 0.3 is 12.6 Å². The molecule has 0 radical (unpaired) electrons. The van der Waals surface area contributed by atoms with Crippen LogP contribution in [-0.4, -0.2) is 52.3 Å². The molecule has 4 rings (SSSR count). The molecule has 1 aliphatic heterocycles. The Balaban J connectivity index is 1.34. The molecule has 198 valence electrons. The molecular weight excluding hydrogens is 498 g/mol. The number of aromatic nitrogens is 1. The van der Waals surface area contributed by atoms with Crippen LogP contribution < -0.4 is 4.74 Å². The number of ether oxygens (including phenoxy) is 2. The van der Waals surface area contributed by atoms with Crippen molar-refractivity contribution >= 4 is 23.6 Å². The summed E-state index contributed by atoms with van der Waals surface area (Å²) in [6.07, 6.45) is -0.931. The fourth-order valence-electron chi connectivity index (χ4n) is 4.54. The number of amides is 2. The highest BCUT2D eigenvalue weighted by Gasteiger charge is 2.34. The number of ketones is 1. The third-order valence-corrected chi connectivity index (χ3v) is 6.33. The second-order valence-electron chi connectivity index (χ2n) is 8.90. The normalized spacial score (nSPS) is 13.6. The Morgan fingerprint density at radius 1 is 0.947 bits per heavy atom. The number of rotatable bonds is 10. The van der Waals surface area contributed by atoms with E-state index in [9.17, 15) is 28.0 Å². The topological polar surface area (TPSA) is 94.9 Å². The van der Waals surface area contributed by atoms with E-state index in [2.05, 4.69) is 4.74 Å². The van der Waals surface area contributed by atoms with E-state index in [1.54, 1.807) is 60.9 Å². The van der Waals surface area contributed by atoms with Crippen molar-refractivity contribution in [1.29, 1.82) is 0 Å². The average Bonchev–Trinajstić information content (AvgIpc) is 3.31. The summed E-state index contributed by atoms with van der Waals surface area (Å²) >= 11 is 0. The smallest absolute Gasteiger partial charge is 0.387 e. The lowest BCUT2D eigenvalue weighted by Crippen LogP contribution is -2.31. The summed E-state index contributed by atoms with van der Waals surface area (Å²) in [7, 11) is 0. The molecule has 0 N–H and O–H groups in total. The van der Waals surface area contributed by atoms with Gasteiger partial charge in [-0.15, -0.1) is 0 Å². The third-order valence-electron chi connectivity index (χ3n) is 6.33. The molecule has 10 heteroatoms. The van der Waals surface area contributed by atoms with Crippen LogP contribution in [0, 0.1) is 13.8 Å². The third kappa shape index (κ3) is 5.34. The molecule has 3 aromatic rings. The van der Waals surface area contributed by atoms with Gasteiger partial charge in [0.2, 0.25) is 5.78 Å². The molecule has 2 aromatic carbocycles. The van der Waals surface area contributed by atoms with E-state index in [1.165, 1.54) is 19.1 Å². The number of imide groups is 1. The number of benzene rings is 2. The molecule has 0 fully saturated rings. The van der Waals surface area contributed by atoms with Gasteiger partial charge in [-0.3, -0.25) is 24.1 Å². The van der Waals surface area contributed by atoms with Crippen molar-refractivity contribution in [3.05, 3.63) is 82.7 Å². The van der Waals surface area contributed by atoms with Crippen molar-refractivity contribution in [1.82, 2.24) is 9.47 Å². The minimum absolute atomic E-state index is 0.0195. The molecule has 1 atom stereocenters. The van der Waals surface area contributed by atoms with Crippen molar-refractivity contribution in [3.63, 3.8) is 0 Å². The first-order valence-corrected chi connectivity index (χ1v) is 12.0. The van der Waals surface area contributed by atoms with E-state index < -0.39 is 36.3 Å². The van der Waals surface area contributed by atoms with Crippen LogP contribution in [0.25, 0.3) is 5.69 Å². The Bertz CT molecular complexity index is 1360. The maximum absolute atomic E-state index is 13.1. The number of esters is 1. The van der Waals surface area contributed by atoms with Gasteiger partial charge < -0.3 is 14.0 Å². The van der Waals surface area contributed by atoms with E-state index >= 15 is 0 Å². The summed E-state index contributed by atoms with van der Waals surface area (Å²) < 4.78 is 36.3. The van der Waals surface area contributed by atoms with E-state index in [0.717, 1.165) is 10.6 Å². The van der Waals surface area contributed by atoms with Crippen LogP contribution >= 0.6 is 0 Å². The van der Waals surface area contributed by atoms with Crippen LogP contribution in [0.15, 0.2) is 54.6 Å². The molecule has 0 bridgehead atoms. The average molecular weight is 525 g/mol. The predicted molar refractivity (Wildman–Crippen MR) is 133 cm³/mol. The molecule has 0 saturated carbocycles. The Morgan fingerprint density at radius 2 is 1.55 bits per heavy atom. The molecule has 0 aliphatic carbocycles. The SMILES string of the molecule is Cc1cc(C(=O)[C@@H](C)OC(=O)CCCN2C(=O)c3ccccc3C2=O)c(C)n1-c1ccc(OC(F)F)cc1. The van der Waals surface area contributed by atoms with Crippen LogP contribution in [0.1, 0.15) is 62.2 Å². The molecule has 2 amide bonds. The summed E-state index contributed by atoms with van der Waals surface area (Å²) in [5.41, 5.74) is 3.03. The molecule has 38 heavy (non-hydrogen) atoms. The highest BCUT2D eigenvalue weighted by molar-refractivity contribution is 6.21. The number of hydrogen-bond acceptors (Lipinski definition) is 6. The highest BCUT2D eigenvalue weighted by atomic mass is 19.3. The van der Waals surface area contributed by atoms with Crippen molar-refractivity contribution in [3.8, 4) is 11.4 Å². The van der Waals surface area contributed by atoms with Crippen LogP contribution in [0.5, 0.6) is 5.75 Å². The lowest BCUT2D eigenvalue weighted by Gasteiger charge is -2.15. The summed E-state index contributed by atoms with van der Waals surface area (Å²) in [6.45, 7) is 2.15. The molecule has 0 saturated heterocycles. The van der Waals surface area contributed by atoms with E-state index in [0.29, 0.717) is 28.1 Å². The zero-order valence-electron chi connectivity index (χ0n) is 21.1. The predicted octanol–water partition coefficient (Wildman–Crippen LogP) is 4.89. The van der Waals surface area contributed by atoms with Crippen LogP contribution in [-0.2, 0) is 9.53 Å². The Hall–Kier alpha value is -4.34. The van der Waals surface area contributed by atoms with Gasteiger partial charge in [-0.25, -0.2) is 0 Å². The van der Waals surface area contributed by atoms with Crippen LogP contribution in [0.3, 0.4) is 0 Å². The number of halogens is 2. The van der Waals surface area contributed by atoms with E-state index in [1.807, 2.05) is 0 Å². The molecular formula is C28H26F2N2O6. The summed E-state index contributed by atoms with van der Waals surface area (Å²) in [5.74, 6) is -1.78. The quantitative estimate of drug-likeness (QED) is 0.213. The number of fused-ring (bicyclic) bond motifs is 1. The second-order valence-corrected chi connectivity index (χ2v) is 8.90. The standard InChI is InChI=1S/C28H26F2N2O6/c1-16-15-23(17(2)32(16)19-10-12-20(13-11-19)38-28(29)30)25(34)18(3)37-24(33)9-6-14-31-26(35)21-7-4-5-8-22(21)27(31)36/h4-5,7-8,10-13,15,18,28H,6,9,14H2,1-3H3/t18-/m1/s1. The second kappa shape index (κ2) is 11.0. The molecule has 2 heterocycles. The van der Waals surface area contributed by atoms with Gasteiger partial charge in [0.15, 0.2) is 6.10 Å². The van der Waals surface area contributed by atoms with E-state index in [-0.39, 0.29) is 25.1 Å². The molecule has 1 aliphatic rings. The fraction of sp³-hybridized carbons (Fsp3) is 0.286. The number of carbonyl (C=O) groups is 4. The summed E-state index contributed by atoms with van der Waals surface area (Å²) in [6, 6.07) is 14.2. The number of alkyl halides is 2. The minimum atomic E-state index is -2.92. The molecule has 1 aromatic heterocycles. The zero-order valence-corrected chi connectivity index (χ0v) is 21.1. The summed E-state index contributed by atoms with van der Waals surface area (Å²) in [5, 5.41) is 0. The zero-order chi connectivity index (χ0) is 27.6. The number of aryl methyl sites for hydroxylation is 1. The van der Waals surface area contributed by atoms with E-state index in [4.69, 9.17) is 4.74 Å². The number of carbonyl (C=O) groups excluding carboxylic acids is 4. The van der Waals surface area contributed by atoms with Crippen molar-refractivity contribution in [2.24, 2.45) is 0 Å². The molecule has 8 nitrogen and oxygen atoms in total. The first kappa shape index (κ1) is 26.7. The Labute approximate surface area is 217 Å². The van der Waals surface area contributed by atoms with Crippen LogP contribution in [0.2, 0.25) is 0 Å². The first-order valence-electron chi connectivity index (χ1n) is 12.0. The van der Waals surface area contributed by atoms with Gasteiger partial charge in [0.25, 0.3) is 11.8 Å². The lowest BCUT2D eigenvalue weighted by molar-refractivity contribution is -0.146. The van der Waals surface area contributed by atoms with Gasteiger partial charge in [0.1, 0.15) is 5.75 Å². The van der Waals surface area contributed by atoms with Gasteiger partial charge in [0.05, 0.1) is 11.1 Å². The fourth-order valence-corrected chi connectivity index (χ4v) is 4.54. The lowest BCUT2D eigenvalue weighted by atomic mass is 10.1. The highest BCUT2D eigenvalue weighted by Crippen LogP contribution is 2.25. The van der Waals surface area contributed by atoms with Gasteiger partial charge in [-0.2, -0.15) is 8.78 Å². The Kier molecular flexibility index (Phi) is 7.70. The number of hydrogen-bond donors (Lipinski definition) is 0. The number of nitrogens with zero attached hydrogens (tertiary/aromatic N) is 2. The monoisotopic (exact) mass is 524 g/mol. The molecule has 0 spiro atoms. The van der Waals surface area contributed by atoms with Crippen molar-refractivity contribution in [2.45, 2.75) is 46.3 Å². The van der Waals surface area contributed by atoms with Gasteiger partial charge in [-0.05, 0) is 69.7 Å². The Morgan fingerprint density at radius 3 is 2.13 bits per heavy atom. The minimum Gasteiger partial charge on any atom is -0.454 e. The maximum atomic E-state index is 13.1. The summed E-state index contributed by atoms with van der Waals surface area (Å²) in [4.78, 5) is 51.5. The first-order chi connectivity index (χ1) is 18.1. The largest absolute Gasteiger partial charge is 0.454 e. The number of Topliss-reactive ketones (excluding diaryl/α,β-unsaturated/α-hetero) is 1. The maximum Gasteiger partial charge on any atom is 0.387 e. The van der Waals surface area contributed by atoms with Gasteiger partial charge in [0, 0.05) is 35.6 Å².